The normalized spacial score (nSPS) is 18.3. The molecule has 1 aromatic carbocycles. The van der Waals surface area contributed by atoms with E-state index in [1.54, 1.807) is 13.3 Å². The molecule has 0 fully saturated rings. The Kier molecular flexibility index (Phi) is 3.22. The lowest BCUT2D eigenvalue weighted by Crippen LogP contribution is -2.31. The van der Waals surface area contributed by atoms with E-state index in [4.69, 9.17) is 4.74 Å². The Labute approximate surface area is 113 Å². The minimum atomic E-state index is 0.289. The van der Waals surface area contributed by atoms with Gasteiger partial charge >= 0.3 is 0 Å². The predicted molar refractivity (Wildman–Crippen MR) is 75.5 cm³/mol. The number of ether oxygens (including phenoxy) is 1. The first kappa shape index (κ1) is 12.2. The molecule has 3 rings (SSSR count). The van der Waals surface area contributed by atoms with Gasteiger partial charge in [-0.25, -0.2) is 0 Å². The van der Waals surface area contributed by atoms with Gasteiger partial charge in [0.1, 0.15) is 5.75 Å². The van der Waals surface area contributed by atoms with Crippen LogP contribution in [0, 0.1) is 0 Å². The minimum absolute atomic E-state index is 0.289. The van der Waals surface area contributed by atoms with Crippen LogP contribution >= 0.6 is 0 Å². The number of aromatic nitrogens is 1. The number of nitrogens with one attached hydrogen (secondary N) is 1. The zero-order valence-electron chi connectivity index (χ0n) is 11.3. The molecule has 0 saturated carbocycles. The molecular weight excluding hydrogens is 236 g/mol. The summed E-state index contributed by atoms with van der Waals surface area (Å²) in [4.78, 5) is 4.26. The number of benzene rings is 1. The summed E-state index contributed by atoms with van der Waals surface area (Å²) in [6.45, 7) is 0. The van der Waals surface area contributed by atoms with Gasteiger partial charge in [-0.1, -0.05) is 24.3 Å². The molecule has 1 aliphatic carbocycles. The summed E-state index contributed by atoms with van der Waals surface area (Å²) in [5.74, 6) is 1.33. The summed E-state index contributed by atoms with van der Waals surface area (Å²) in [5, 5.41) is 3.42. The van der Waals surface area contributed by atoms with E-state index in [2.05, 4.69) is 40.6 Å². The second-order valence-corrected chi connectivity index (χ2v) is 4.93. The molecule has 1 aromatic heterocycles. The fourth-order valence-corrected chi connectivity index (χ4v) is 2.91. The van der Waals surface area contributed by atoms with Crippen molar-refractivity contribution in [3.8, 4) is 5.75 Å². The Hall–Kier alpha value is -1.87. The first-order valence-electron chi connectivity index (χ1n) is 6.57. The van der Waals surface area contributed by atoms with Crippen molar-refractivity contribution in [2.75, 3.05) is 14.2 Å². The predicted octanol–water partition coefficient (Wildman–Crippen LogP) is 2.69. The second kappa shape index (κ2) is 5.02. The van der Waals surface area contributed by atoms with Crippen LogP contribution in [0.2, 0.25) is 0 Å². The lowest BCUT2D eigenvalue weighted by molar-refractivity contribution is 0.405. The fraction of sp³-hybridized carbons (Fsp3) is 0.312. The zero-order chi connectivity index (χ0) is 13.2. The maximum Gasteiger partial charge on any atom is 0.137 e. The van der Waals surface area contributed by atoms with Crippen LogP contribution in [0.3, 0.4) is 0 Å². The van der Waals surface area contributed by atoms with Crippen LogP contribution in [0.4, 0.5) is 0 Å². The van der Waals surface area contributed by atoms with Crippen LogP contribution in [-0.2, 0) is 6.42 Å². The highest BCUT2D eigenvalue weighted by atomic mass is 16.5. The van der Waals surface area contributed by atoms with Crippen LogP contribution in [0.1, 0.15) is 28.7 Å². The highest BCUT2D eigenvalue weighted by molar-refractivity contribution is 5.43. The molecule has 0 radical (unpaired) electrons. The highest BCUT2D eigenvalue weighted by Gasteiger charge is 2.33. The second-order valence-electron chi connectivity index (χ2n) is 4.93. The number of hydrogen-bond donors (Lipinski definition) is 1. The van der Waals surface area contributed by atoms with Gasteiger partial charge in [-0.3, -0.25) is 4.98 Å². The highest BCUT2D eigenvalue weighted by Crippen LogP contribution is 2.43. The van der Waals surface area contributed by atoms with E-state index in [1.807, 2.05) is 13.2 Å². The monoisotopic (exact) mass is 254 g/mol. The molecular formula is C16H18N2O. The molecule has 0 bridgehead atoms. The number of methoxy groups -OCH3 is 1. The molecule has 3 nitrogen and oxygen atoms in total. The van der Waals surface area contributed by atoms with E-state index in [0.717, 1.165) is 12.2 Å². The van der Waals surface area contributed by atoms with Crippen molar-refractivity contribution in [1.29, 1.82) is 0 Å². The third-order valence-electron chi connectivity index (χ3n) is 3.94. The number of nitrogens with zero attached hydrogens (tertiary/aromatic N) is 1. The third kappa shape index (κ3) is 2.10. The van der Waals surface area contributed by atoms with Gasteiger partial charge in [-0.05, 0) is 36.2 Å². The molecule has 2 aromatic rings. The van der Waals surface area contributed by atoms with Gasteiger partial charge in [0.25, 0.3) is 0 Å². The van der Waals surface area contributed by atoms with Gasteiger partial charge in [0.2, 0.25) is 0 Å². The van der Waals surface area contributed by atoms with Crippen LogP contribution < -0.4 is 10.1 Å². The lowest BCUT2D eigenvalue weighted by atomic mass is 9.72. The van der Waals surface area contributed by atoms with E-state index < -0.39 is 0 Å². The number of hydrogen-bond acceptors (Lipinski definition) is 3. The quantitative estimate of drug-likeness (QED) is 0.911. The summed E-state index contributed by atoms with van der Waals surface area (Å²) in [6.07, 6.45) is 4.79. The van der Waals surface area contributed by atoms with E-state index in [-0.39, 0.29) is 6.04 Å². The molecule has 1 heterocycles. The summed E-state index contributed by atoms with van der Waals surface area (Å²) in [6, 6.07) is 11.0. The molecule has 1 aliphatic rings. The van der Waals surface area contributed by atoms with Crippen molar-refractivity contribution >= 4 is 0 Å². The Morgan fingerprint density at radius 1 is 1.32 bits per heavy atom. The van der Waals surface area contributed by atoms with Gasteiger partial charge in [0.15, 0.2) is 0 Å². The molecule has 19 heavy (non-hydrogen) atoms. The molecule has 0 spiro atoms. The van der Waals surface area contributed by atoms with Gasteiger partial charge in [0.05, 0.1) is 13.3 Å². The van der Waals surface area contributed by atoms with Crippen molar-refractivity contribution in [2.24, 2.45) is 0 Å². The molecule has 0 saturated heterocycles. The van der Waals surface area contributed by atoms with Crippen LogP contribution in [0.25, 0.3) is 0 Å². The Bertz CT molecular complexity index is 582. The first-order chi connectivity index (χ1) is 9.33. The van der Waals surface area contributed by atoms with Crippen molar-refractivity contribution in [3.63, 3.8) is 0 Å². The van der Waals surface area contributed by atoms with E-state index in [0.29, 0.717) is 5.92 Å². The van der Waals surface area contributed by atoms with Crippen molar-refractivity contribution < 1.29 is 4.74 Å². The molecule has 1 N–H and O–H groups in total. The van der Waals surface area contributed by atoms with Gasteiger partial charge in [-0.15, -0.1) is 0 Å². The maximum atomic E-state index is 5.26. The largest absolute Gasteiger partial charge is 0.495 e. The van der Waals surface area contributed by atoms with Gasteiger partial charge < -0.3 is 10.1 Å². The smallest absolute Gasteiger partial charge is 0.137 e. The minimum Gasteiger partial charge on any atom is -0.495 e. The molecule has 0 amide bonds. The topological polar surface area (TPSA) is 34.2 Å². The number of likely N-dealkylation sites (N-methyl/N-ethyl adjacent to an activating group) is 1. The standard InChI is InChI=1S/C16H18N2O/c1-17-16(12-7-13(19-2)10-18-9-12)15-8-11-5-3-4-6-14(11)15/h3-7,9-10,15-17H,8H2,1-2H3. The van der Waals surface area contributed by atoms with Gasteiger partial charge in [-0.2, -0.15) is 0 Å². The summed E-state index contributed by atoms with van der Waals surface area (Å²) >= 11 is 0. The maximum absolute atomic E-state index is 5.26. The molecule has 0 aliphatic heterocycles. The average Bonchev–Trinajstić information content (AvgIpc) is 2.45. The summed E-state index contributed by atoms with van der Waals surface area (Å²) < 4.78 is 5.26. The fourth-order valence-electron chi connectivity index (χ4n) is 2.91. The van der Waals surface area contributed by atoms with Crippen molar-refractivity contribution in [2.45, 2.75) is 18.4 Å². The molecule has 2 unspecified atom stereocenters. The average molecular weight is 254 g/mol. The van der Waals surface area contributed by atoms with E-state index in [9.17, 15) is 0 Å². The summed E-state index contributed by atoms with van der Waals surface area (Å²) in [7, 11) is 3.68. The van der Waals surface area contributed by atoms with Crippen LogP contribution in [0.5, 0.6) is 5.75 Å². The Balaban J connectivity index is 1.90. The van der Waals surface area contributed by atoms with E-state index in [1.165, 1.54) is 16.7 Å². The Morgan fingerprint density at radius 3 is 2.89 bits per heavy atom. The van der Waals surface area contributed by atoms with Crippen molar-refractivity contribution in [3.05, 3.63) is 59.4 Å². The summed E-state index contributed by atoms with van der Waals surface area (Å²) in [5.41, 5.74) is 4.09. The van der Waals surface area contributed by atoms with Crippen LogP contribution in [0.15, 0.2) is 42.7 Å². The first-order valence-corrected chi connectivity index (χ1v) is 6.57. The SMILES string of the molecule is CNC(c1cncc(OC)c1)C1Cc2ccccc21. The molecule has 2 atom stereocenters. The Morgan fingerprint density at radius 2 is 2.16 bits per heavy atom. The zero-order valence-corrected chi connectivity index (χ0v) is 11.3. The number of rotatable bonds is 4. The number of fused-ring (bicyclic) bond motifs is 1. The van der Waals surface area contributed by atoms with Crippen molar-refractivity contribution in [1.82, 2.24) is 10.3 Å². The third-order valence-corrected chi connectivity index (χ3v) is 3.94. The van der Waals surface area contributed by atoms with E-state index >= 15 is 0 Å². The van der Waals surface area contributed by atoms with Crippen LogP contribution in [-0.4, -0.2) is 19.1 Å². The molecule has 98 valence electrons. The lowest BCUT2D eigenvalue weighted by Gasteiger charge is -2.36. The number of pyridine rings is 1. The molecule has 3 heteroatoms. The van der Waals surface area contributed by atoms with Gasteiger partial charge in [0, 0.05) is 18.2 Å².